The molecule has 0 aromatic heterocycles. The van der Waals surface area contributed by atoms with Crippen LogP contribution in [0.15, 0.2) is 0 Å². The third-order valence-electron chi connectivity index (χ3n) is 3.38. The second-order valence-corrected chi connectivity index (χ2v) is 28.7. The monoisotopic (exact) mass is 486 g/mol. The van der Waals surface area contributed by atoms with E-state index in [1.165, 1.54) is 0 Å². The molecule has 0 aliphatic carbocycles. The van der Waals surface area contributed by atoms with Crippen molar-refractivity contribution in [2.75, 3.05) is 14.1 Å². The van der Waals surface area contributed by atoms with Crippen LogP contribution in [-0.4, -0.2) is 81.9 Å². The molecule has 0 aromatic rings. The van der Waals surface area contributed by atoms with Gasteiger partial charge in [-0.15, -0.1) is 0 Å². The fraction of sp³-hybridized carbons (Fsp3) is 1.00. The summed E-state index contributed by atoms with van der Waals surface area (Å²) in [6.45, 7) is 20.7. The maximum atomic E-state index is 6.48. The molecule has 26 heavy (non-hydrogen) atoms. The van der Waals surface area contributed by atoms with Crippen molar-refractivity contribution in [1.82, 2.24) is 4.57 Å². The van der Waals surface area contributed by atoms with E-state index in [4.69, 9.17) is 24.7 Å². The highest BCUT2D eigenvalue weighted by atomic mass is 28.5. The zero-order chi connectivity index (χ0) is 21.0. The van der Waals surface area contributed by atoms with Crippen LogP contribution in [0.1, 0.15) is 0 Å². The average Bonchev–Trinajstić information content (AvgIpc) is 2.29. The third-order valence-corrected chi connectivity index (χ3v) is 23.9. The molecule has 0 aliphatic heterocycles. The van der Waals surface area contributed by atoms with Crippen LogP contribution in [0.3, 0.4) is 0 Å². The van der Waals surface area contributed by atoms with Gasteiger partial charge in [0, 0.05) is 0 Å². The summed E-state index contributed by atoms with van der Waals surface area (Å²) < 4.78 is 38.4. The molecule has 0 heterocycles. The predicted octanol–water partition coefficient (Wildman–Crippen LogP) is 2.77. The van der Waals surface area contributed by atoms with E-state index in [2.05, 4.69) is 68.4 Å². The molecule has 5 radical (unpaired) electrons. The van der Waals surface area contributed by atoms with Gasteiger partial charge in [-0.2, -0.15) is 0 Å². The van der Waals surface area contributed by atoms with Crippen molar-refractivity contribution in [3.05, 3.63) is 0 Å². The van der Waals surface area contributed by atoms with Gasteiger partial charge in [-0.05, 0) is 79.6 Å². The van der Waals surface area contributed by atoms with E-state index < -0.39 is 42.7 Å². The molecule has 0 atom stereocenters. The van der Waals surface area contributed by atoms with Gasteiger partial charge >= 0.3 is 44.3 Å². The van der Waals surface area contributed by atoms with Crippen molar-refractivity contribution in [2.45, 2.75) is 65.5 Å². The summed E-state index contributed by atoms with van der Waals surface area (Å²) in [5.41, 5.74) is 0. The molecule has 0 N–H and O–H groups in total. The number of hydrogen-bond donors (Lipinski definition) is 0. The Kier molecular flexibility index (Phi) is 10.3. The van der Waals surface area contributed by atoms with Gasteiger partial charge in [0.25, 0.3) is 8.48 Å². The lowest BCUT2D eigenvalue weighted by molar-refractivity contribution is 0.275. The Labute approximate surface area is 171 Å². The molecule has 0 spiro atoms. The molecule has 0 aromatic carbocycles. The van der Waals surface area contributed by atoms with Crippen molar-refractivity contribution < 1.29 is 24.7 Å². The predicted molar refractivity (Wildman–Crippen MR) is 119 cm³/mol. The molecule has 0 aliphatic rings. The topological polar surface area (TPSA) is 58.6 Å². The lowest BCUT2D eigenvalue weighted by Gasteiger charge is -2.43. The SMILES string of the molecule is CN(C)[Si](C)(C)O[Si](C)(C)O[Si](C)(C)O[Si](C)(C)O[Si](C)(C)O[Si]O[Si]. The van der Waals surface area contributed by atoms with Gasteiger partial charge in [-0.25, -0.2) is 0 Å². The van der Waals surface area contributed by atoms with Crippen LogP contribution in [-0.2, 0) is 24.7 Å². The van der Waals surface area contributed by atoms with Crippen molar-refractivity contribution in [2.24, 2.45) is 0 Å². The van der Waals surface area contributed by atoms with Crippen LogP contribution in [0.5, 0.6) is 0 Å². The first-order chi connectivity index (χ1) is 11.3. The zero-order valence-electron chi connectivity index (χ0n) is 18.4. The maximum Gasteiger partial charge on any atom is 0.411 e. The summed E-state index contributed by atoms with van der Waals surface area (Å²) in [6, 6.07) is 0. The highest BCUT2D eigenvalue weighted by Crippen LogP contribution is 2.26. The molecule has 0 fully saturated rings. The molecule has 0 bridgehead atoms. The summed E-state index contributed by atoms with van der Waals surface area (Å²) in [6.07, 6.45) is 0. The second kappa shape index (κ2) is 9.83. The summed E-state index contributed by atoms with van der Waals surface area (Å²) in [5.74, 6) is 0. The van der Waals surface area contributed by atoms with Gasteiger partial charge in [0.2, 0.25) is 10.5 Å². The molecule has 7 nitrogen and oxygen atoms in total. The van der Waals surface area contributed by atoms with Crippen molar-refractivity contribution in [1.29, 1.82) is 0 Å². The quantitative estimate of drug-likeness (QED) is 0.393. The molecular weight excluding hydrogens is 451 g/mol. The Morgan fingerprint density at radius 1 is 0.615 bits per heavy atom. The first-order valence-electron chi connectivity index (χ1n) is 8.57. The first kappa shape index (κ1) is 27.2. The van der Waals surface area contributed by atoms with Crippen LogP contribution in [0.25, 0.3) is 0 Å². The van der Waals surface area contributed by atoms with Crippen molar-refractivity contribution in [3.8, 4) is 0 Å². The Morgan fingerprint density at radius 3 is 1.31 bits per heavy atom. The van der Waals surface area contributed by atoms with Gasteiger partial charge in [0.1, 0.15) is 0 Å². The van der Waals surface area contributed by atoms with E-state index in [1.54, 1.807) is 0 Å². The van der Waals surface area contributed by atoms with Crippen molar-refractivity contribution >= 4 is 63.2 Å². The van der Waals surface area contributed by atoms with Gasteiger partial charge < -0.3 is 29.3 Å². The molecular formula is C12H36NO6Si7. The maximum absolute atomic E-state index is 6.48. The molecule has 0 saturated heterocycles. The lowest BCUT2D eigenvalue weighted by atomic mass is 11.3. The molecule has 0 saturated carbocycles. The van der Waals surface area contributed by atoms with Crippen LogP contribution in [0.2, 0.25) is 65.5 Å². The Hall–Kier alpha value is 1.24. The van der Waals surface area contributed by atoms with E-state index in [1.807, 2.05) is 26.2 Å². The van der Waals surface area contributed by atoms with Gasteiger partial charge in [-0.1, -0.05) is 0 Å². The summed E-state index contributed by atoms with van der Waals surface area (Å²) >= 11 is 0. The summed E-state index contributed by atoms with van der Waals surface area (Å²) in [4.78, 5) is 0. The van der Waals surface area contributed by atoms with Crippen LogP contribution in [0.4, 0.5) is 0 Å². The Balaban J connectivity index is 4.99. The highest BCUT2D eigenvalue weighted by molar-refractivity contribution is 6.89. The first-order valence-corrected chi connectivity index (χ1v) is 23.9. The van der Waals surface area contributed by atoms with Crippen molar-refractivity contribution in [3.63, 3.8) is 0 Å². The van der Waals surface area contributed by atoms with Gasteiger partial charge in [-0.3, -0.25) is 0 Å². The minimum absolute atomic E-state index is 0.0939. The number of nitrogens with zero attached hydrogens (tertiary/aromatic N) is 1. The Morgan fingerprint density at radius 2 is 0.962 bits per heavy atom. The summed E-state index contributed by atoms with van der Waals surface area (Å²) in [5, 5.41) is 0. The van der Waals surface area contributed by atoms with Gasteiger partial charge in [0.15, 0.2) is 0 Å². The minimum atomic E-state index is -2.43. The minimum Gasteiger partial charge on any atom is -0.435 e. The second-order valence-electron chi connectivity index (χ2n) is 8.64. The average molecular weight is 487 g/mol. The van der Waals surface area contributed by atoms with E-state index in [9.17, 15) is 0 Å². The number of hydrogen-bond acceptors (Lipinski definition) is 7. The molecule has 0 unspecified atom stereocenters. The summed E-state index contributed by atoms with van der Waals surface area (Å²) in [7, 11) is -4.49. The van der Waals surface area contributed by atoms with Gasteiger partial charge in [0.05, 0.1) is 0 Å². The van der Waals surface area contributed by atoms with E-state index in [0.717, 1.165) is 0 Å². The van der Waals surface area contributed by atoms with E-state index in [-0.39, 0.29) is 10.0 Å². The van der Waals surface area contributed by atoms with E-state index in [0.29, 0.717) is 0 Å². The Bertz CT molecular complexity index is 448. The van der Waals surface area contributed by atoms with Crippen LogP contribution < -0.4 is 0 Å². The van der Waals surface area contributed by atoms with Crippen LogP contribution >= 0.6 is 0 Å². The molecule has 153 valence electrons. The van der Waals surface area contributed by atoms with Crippen LogP contribution in [0, 0.1) is 0 Å². The fourth-order valence-electron chi connectivity index (χ4n) is 2.67. The molecule has 0 rings (SSSR count). The standard InChI is InChI=1S/C12H36NO6Si7/c1-13(2)22(3,4)16-24(7,8)18-26(11,12)19-25(9,10)17-23(5,6)15-21-14-20/h1-12H3. The zero-order valence-corrected chi connectivity index (χ0v) is 25.4. The third kappa shape index (κ3) is 11.3. The molecule has 0 amide bonds. The van der Waals surface area contributed by atoms with E-state index >= 15 is 0 Å². The fourth-order valence-corrected chi connectivity index (χ4v) is 25.9. The normalized spacial score (nSPS) is 15.0. The highest BCUT2D eigenvalue weighted by Gasteiger charge is 2.46. The number of rotatable bonds is 12. The lowest BCUT2D eigenvalue weighted by Crippen LogP contribution is -2.61. The smallest absolute Gasteiger partial charge is 0.411 e. The largest absolute Gasteiger partial charge is 0.435 e. The molecule has 14 heteroatoms.